The molecule has 0 unspecified atom stereocenters. The molecule has 3 heteroatoms. The van der Waals surface area contributed by atoms with Crippen molar-refractivity contribution in [3.63, 3.8) is 0 Å². The Labute approximate surface area is 43.1 Å². The van der Waals surface area contributed by atoms with Gasteiger partial charge in [-0.25, -0.2) is 0 Å². The van der Waals surface area contributed by atoms with E-state index in [1.807, 2.05) is 6.07 Å². The molecule has 0 aliphatic heterocycles. The lowest BCUT2D eigenvalue weighted by molar-refractivity contribution is 0.714. The summed E-state index contributed by atoms with van der Waals surface area (Å²) in [5.74, 6) is 0. The van der Waals surface area contributed by atoms with Crippen LogP contribution >= 0.6 is 0 Å². The van der Waals surface area contributed by atoms with E-state index < -0.39 is 0 Å². The molecule has 0 aromatic heterocycles. The van der Waals surface area contributed by atoms with Crippen LogP contribution in [0.3, 0.4) is 0 Å². The highest BCUT2D eigenvalue weighted by molar-refractivity contribution is 4.69. The molecule has 0 fully saturated rings. The number of hydrogen-bond acceptors (Lipinski definition) is 3. The molecule has 0 aromatic rings. The molecule has 0 aliphatic rings. The van der Waals surface area contributed by atoms with Crippen LogP contribution in [0.5, 0.6) is 0 Å². The number of nitrogens with zero attached hydrogens (tertiary/aromatic N) is 1. The summed E-state index contributed by atoms with van der Waals surface area (Å²) < 4.78 is 0. The van der Waals surface area contributed by atoms with Gasteiger partial charge in [0.1, 0.15) is 0 Å². The average molecular weight is 99.1 g/mol. The van der Waals surface area contributed by atoms with E-state index in [9.17, 15) is 0 Å². The van der Waals surface area contributed by atoms with Crippen molar-refractivity contribution in [2.24, 2.45) is 5.73 Å². The van der Waals surface area contributed by atoms with Crippen LogP contribution in [0.25, 0.3) is 0 Å². The predicted molar refractivity (Wildman–Crippen MR) is 27.3 cm³/mol. The summed E-state index contributed by atoms with van der Waals surface area (Å²) in [5, 5.41) is 10.8. The van der Waals surface area contributed by atoms with E-state index in [1.54, 1.807) is 0 Å². The fourth-order valence-corrected chi connectivity index (χ4v) is 0.246. The summed E-state index contributed by atoms with van der Waals surface area (Å²) >= 11 is 0. The van der Waals surface area contributed by atoms with Crippen molar-refractivity contribution in [2.45, 2.75) is 6.42 Å². The Hall–Kier alpha value is -0.590. The summed E-state index contributed by atoms with van der Waals surface area (Å²) in [5.41, 5.74) is 5.05. The minimum atomic E-state index is 0.460. The molecule has 0 amide bonds. The molecule has 0 spiro atoms. The van der Waals surface area contributed by atoms with Crippen molar-refractivity contribution in [1.82, 2.24) is 5.32 Å². The molecule has 0 bridgehead atoms. The Bertz CT molecular complexity index is 63.8. The third kappa shape index (κ3) is 5.41. The van der Waals surface area contributed by atoms with E-state index in [1.165, 1.54) is 0 Å². The third-order valence-corrected chi connectivity index (χ3v) is 0.558. The van der Waals surface area contributed by atoms with E-state index in [-0.39, 0.29) is 0 Å². The van der Waals surface area contributed by atoms with E-state index in [0.717, 1.165) is 0 Å². The van der Waals surface area contributed by atoms with Gasteiger partial charge in [0.05, 0.1) is 6.07 Å². The van der Waals surface area contributed by atoms with Crippen LogP contribution in [-0.2, 0) is 0 Å². The van der Waals surface area contributed by atoms with Crippen molar-refractivity contribution >= 4 is 0 Å². The topological polar surface area (TPSA) is 61.8 Å². The van der Waals surface area contributed by atoms with Gasteiger partial charge < -0.3 is 11.1 Å². The van der Waals surface area contributed by atoms with Crippen LogP contribution in [0.15, 0.2) is 0 Å². The molecular formula is C4H9N3. The second kappa shape index (κ2) is 5.41. The molecule has 0 aromatic carbocycles. The normalized spacial score (nSPS) is 8.00. The molecule has 0 saturated carbocycles. The summed E-state index contributed by atoms with van der Waals surface area (Å²) in [7, 11) is 0. The highest BCUT2D eigenvalue weighted by atomic mass is 14.9. The van der Waals surface area contributed by atoms with Crippen LogP contribution < -0.4 is 11.1 Å². The fourth-order valence-electron chi connectivity index (χ4n) is 0.246. The maximum Gasteiger partial charge on any atom is 0.0635 e. The van der Waals surface area contributed by atoms with Crippen molar-refractivity contribution in [3.8, 4) is 6.07 Å². The lowest BCUT2D eigenvalue weighted by Gasteiger charge is -1.90. The highest BCUT2D eigenvalue weighted by Gasteiger charge is 1.76. The largest absolute Gasteiger partial charge is 0.318 e. The molecule has 0 aliphatic carbocycles. The van der Waals surface area contributed by atoms with Crippen LogP contribution in [0.1, 0.15) is 6.42 Å². The van der Waals surface area contributed by atoms with Crippen LogP contribution in [-0.4, -0.2) is 13.2 Å². The molecule has 0 radical (unpaired) electrons. The van der Waals surface area contributed by atoms with Gasteiger partial charge in [-0.2, -0.15) is 5.26 Å². The van der Waals surface area contributed by atoms with Crippen molar-refractivity contribution in [1.29, 1.82) is 5.26 Å². The first-order valence-corrected chi connectivity index (χ1v) is 2.19. The van der Waals surface area contributed by atoms with Gasteiger partial charge in [-0.05, 0) is 0 Å². The first-order valence-electron chi connectivity index (χ1n) is 2.19. The van der Waals surface area contributed by atoms with Gasteiger partial charge >= 0.3 is 0 Å². The Morgan fingerprint density at radius 3 is 2.86 bits per heavy atom. The third-order valence-electron chi connectivity index (χ3n) is 0.558. The zero-order chi connectivity index (χ0) is 5.54. The van der Waals surface area contributed by atoms with Gasteiger partial charge in [0.2, 0.25) is 0 Å². The van der Waals surface area contributed by atoms with E-state index >= 15 is 0 Å². The summed E-state index contributed by atoms with van der Waals surface area (Å²) in [6, 6.07) is 1.98. The van der Waals surface area contributed by atoms with Gasteiger partial charge in [0, 0.05) is 19.6 Å². The lowest BCUT2D eigenvalue weighted by atomic mass is 10.5. The fraction of sp³-hybridized carbons (Fsp3) is 0.750. The molecule has 7 heavy (non-hydrogen) atoms. The monoisotopic (exact) mass is 99.1 g/mol. The van der Waals surface area contributed by atoms with E-state index in [0.29, 0.717) is 19.6 Å². The van der Waals surface area contributed by atoms with E-state index in [2.05, 4.69) is 5.32 Å². The van der Waals surface area contributed by atoms with Crippen LogP contribution in [0.4, 0.5) is 0 Å². The Kier molecular flexibility index (Phi) is 4.95. The van der Waals surface area contributed by atoms with Gasteiger partial charge in [-0.1, -0.05) is 0 Å². The van der Waals surface area contributed by atoms with E-state index in [4.69, 9.17) is 11.0 Å². The number of nitriles is 1. The first-order chi connectivity index (χ1) is 3.41. The second-order valence-electron chi connectivity index (χ2n) is 1.11. The summed E-state index contributed by atoms with van der Waals surface area (Å²) in [4.78, 5) is 0. The zero-order valence-electron chi connectivity index (χ0n) is 4.15. The number of nitrogens with two attached hydrogens (primary N) is 1. The smallest absolute Gasteiger partial charge is 0.0635 e. The Morgan fingerprint density at radius 2 is 2.43 bits per heavy atom. The Morgan fingerprint density at radius 1 is 1.71 bits per heavy atom. The van der Waals surface area contributed by atoms with Gasteiger partial charge in [-0.15, -0.1) is 0 Å². The molecule has 0 rings (SSSR count). The molecule has 0 atom stereocenters. The standard InChI is InChI=1S/C4H9N3/c5-2-1-3-7-4-6/h7H,1,3-4,6H2. The first kappa shape index (κ1) is 6.41. The highest BCUT2D eigenvalue weighted by Crippen LogP contribution is 1.64. The maximum atomic E-state index is 7.96. The SMILES string of the molecule is N#CCCNCN. The van der Waals surface area contributed by atoms with Crippen LogP contribution in [0.2, 0.25) is 0 Å². The minimum Gasteiger partial charge on any atom is -0.318 e. The average Bonchev–Trinajstić information content (AvgIpc) is 1.69. The number of hydrogen-bond donors (Lipinski definition) is 2. The number of rotatable bonds is 3. The van der Waals surface area contributed by atoms with Crippen molar-refractivity contribution < 1.29 is 0 Å². The predicted octanol–water partition coefficient (Wildman–Crippen LogP) is -0.594. The Balaban J connectivity index is 2.60. The van der Waals surface area contributed by atoms with Crippen molar-refractivity contribution in [3.05, 3.63) is 0 Å². The molecule has 3 nitrogen and oxygen atoms in total. The second-order valence-corrected chi connectivity index (χ2v) is 1.11. The molecule has 3 N–H and O–H groups in total. The number of nitrogens with one attached hydrogen (secondary N) is 1. The van der Waals surface area contributed by atoms with Crippen molar-refractivity contribution in [2.75, 3.05) is 13.2 Å². The zero-order valence-corrected chi connectivity index (χ0v) is 4.15. The minimum absolute atomic E-state index is 0.460. The van der Waals surface area contributed by atoms with Gasteiger partial charge in [-0.3, -0.25) is 0 Å². The summed E-state index contributed by atoms with van der Waals surface area (Å²) in [6.07, 6.45) is 0.539. The maximum absolute atomic E-state index is 7.96. The lowest BCUT2D eigenvalue weighted by Crippen LogP contribution is -2.22. The molecule has 40 valence electrons. The summed E-state index contributed by atoms with van der Waals surface area (Å²) in [6.45, 7) is 1.16. The molecule has 0 heterocycles. The molecular weight excluding hydrogens is 90.1 g/mol. The van der Waals surface area contributed by atoms with Gasteiger partial charge in [0.25, 0.3) is 0 Å². The molecule has 0 saturated heterocycles. The quantitative estimate of drug-likeness (QED) is 0.367. The van der Waals surface area contributed by atoms with Gasteiger partial charge in [0.15, 0.2) is 0 Å². The van der Waals surface area contributed by atoms with Crippen LogP contribution in [0, 0.1) is 11.3 Å².